The molecule has 0 radical (unpaired) electrons. The summed E-state index contributed by atoms with van der Waals surface area (Å²) in [5, 5.41) is 19.4. The Morgan fingerprint density at radius 2 is 0.689 bits per heavy atom. The van der Waals surface area contributed by atoms with Gasteiger partial charge in [0.2, 0.25) is 0 Å². The lowest BCUT2D eigenvalue weighted by molar-refractivity contribution is 1.07. The third-order valence-corrected chi connectivity index (χ3v) is 18.0. The van der Waals surface area contributed by atoms with Crippen molar-refractivity contribution in [1.82, 2.24) is 33.2 Å². The molecule has 0 atom stereocenters. The molecule has 0 aliphatic rings. The molecule has 18 aromatic rings. The predicted octanol–water partition coefficient (Wildman–Crippen LogP) is 20.5. The highest BCUT2D eigenvalue weighted by Gasteiger charge is 2.27. The second-order valence-corrected chi connectivity index (χ2v) is 23.0. The van der Waals surface area contributed by atoms with Crippen LogP contribution in [0.15, 0.2) is 303 Å². The lowest BCUT2D eigenvalue weighted by Crippen LogP contribution is -2.04. The minimum Gasteiger partial charge on any atom is -0.309 e. The number of aromatic nitrogens is 7. The van der Waals surface area contributed by atoms with Gasteiger partial charge in [0.1, 0.15) is 0 Å². The summed E-state index contributed by atoms with van der Waals surface area (Å²) in [4.78, 5) is 16.2. The number of benzene rings is 13. The first-order chi connectivity index (χ1) is 44.6. The van der Waals surface area contributed by atoms with E-state index in [0.29, 0.717) is 23.0 Å². The Hall–Kier alpha value is -12.4. The Labute approximate surface area is 516 Å². The van der Waals surface area contributed by atoms with E-state index < -0.39 is 0 Å². The summed E-state index contributed by atoms with van der Waals surface area (Å²) in [6.07, 6.45) is 0. The second-order valence-electron chi connectivity index (χ2n) is 23.0. The summed E-state index contributed by atoms with van der Waals surface area (Å²) in [6.45, 7) is 0. The molecule has 0 bridgehead atoms. The molecule has 0 aliphatic carbocycles. The molecule has 0 aliphatic heterocycles. The molecular formula is C82H50N8. The van der Waals surface area contributed by atoms with Crippen LogP contribution in [0, 0.1) is 11.3 Å². The van der Waals surface area contributed by atoms with Crippen molar-refractivity contribution in [2.24, 2.45) is 0 Å². The molecule has 418 valence electrons. The topological polar surface area (TPSA) is 82.2 Å². The van der Waals surface area contributed by atoms with Crippen LogP contribution in [0.4, 0.5) is 0 Å². The minimum absolute atomic E-state index is 0.534. The van der Waals surface area contributed by atoms with Crippen LogP contribution in [-0.2, 0) is 0 Å². The van der Waals surface area contributed by atoms with E-state index in [0.717, 1.165) is 122 Å². The van der Waals surface area contributed by atoms with Crippen molar-refractivity contribution >= 4 is 87.2 Å². The zero-order valence-corrected chi connectivity index (χ0v) is 48.4. The SMILES string of the molecule is N#Cc1ccc(-c2ccc(-n3c4ccccc4c4c3ccc3c5ccccc5n(-c5ccccc5)c34)c(-c3cc(-n4c5ccccc5c5c4ccc4c6ccccc6n(-c6ccccc6)c45)ccc3-c3nc(-c4ccccc4)nc(-c4ccccc4)n3)c2)cc1. The van der Waals surface area contributed by atoms with Gasteiger partial charge in [-0.2, -0.15) is 5.26 Å². The second kappa shape index (κ2) is 20.3. The monoisotopic (exact) mass is 1150 g/mol. The van der Waals surface area contributed by atoms with Crippen LogP contribution in [-0.4, -0.2) is 33.2 Å². The van der Waals surface area contributed by atoms with Crippen LogP contribution in [0.1, 0.15) is 5.56 Å². The molecule has 0 saturated heterocycles. The molecule has 0 N–H and O–H groups in total. The smallest absolute Gasteiger partial charge is 0.164 e. The minimum atomic E-state index is 0.534. The molecule has 13 aromatic carbocycles. The number of hydrogen-bond acceptors (Lipinski definition) is 4. The fourth-order valence-electron chi connectivity index (χ4n) is 14.1. The molecule has 0 amide bonds. The van der Waals surface area contributed by atoms with Crippen molar-refractivity contribution in [3.8, 4) is 85.2 Å². The first kappa shape index (κ1) is 50.8. The normalized spacial score (nSPS) is 11.8. The van der Waals surface area contributed by atoms with Gasteiger partial charge in [-0.25, -0.2) is 15.0 Å². The van der Waals surface area contributed by atoms with Crippen LogP contribution < -0.4 is 0 Å². The predicted molar refractivity (Wildman–Crippen MR) is 369 cm³/mol. The van der Waals surface area contributed by atoms with E-state index in [4.69, 9.17) is 15.0 Å². The summed E-state index contributed by atoms with van der Waals surface area (Å²) >= 11 is 0. The maximum atomic E-state index is 10.0. The number of nitriles is 1. The Balaban J connectivity index is 0.980. The van der Waals surface area contributed by atoms with Gasteiger partial charge in [-0.1, -0.05) is 200 Å². The zero-order valence-electron chi connectivity index (χ0n) is 48.4. The molecule has 5 aromatic heterocycles. The maximum Gasteiger partial charge on any atom is 0.164 e. The third kappa shape index (κ3) is 7.83. The highest BCUT2D eigenvalue weighted by atomic mass is 15.1. The van der Waals surface area contributed by atoms with Crippen LogP contribution in [0.5, 0.6) is 0 Å². The van der Waals surface area contributed by atoms with Gasteiger partial charge in [-0.05, 0) is 120 Å². The Morgan fingerprint density at radius 3 is 1.21 bits per heavy atom. The van der Waals surface area contributed by atoms with Crippen LogP contribution in [0.3, 0.4) is 0 Å². The molecular weight excluding hydrogens is 1100 g/mol. The highest BCUT2D eigenvalue weighted by Crippen LogP contribution is 2.48. The van der Waals surface area contributed by atoms with Gasteiger partial charge in [0.05, 0.1) is 61.5 Å². The number of para-hydroxylation sites is 6. The third-order valence-electron chi connectivity index (χ3n) is 18.0. The van der Waals surface area contributed by atoms with Gasteiger partial charge >= 0.3 is 0 Å². The average molecular weight is 1150 g/mol. The summed E-state index contributed by atoms with van der Waals surface area (Å²) in [5.41, 5.74) is 20.0. The van der Waals surface area contributed by atoms with Crippen molar-refractivity contribution < 1.29 is 0 Å². The molecule has 0 spiro atoms. The Morgan fingerprint density at radius 1 is 0.256 bits per heavy atom. The molecule has 8 heteroatoms. The number of hydrogen-bond donors (Lipinski definition) is 0. The Kier molecular flexibility index (Phi) is 11.5. The largest absolute Gasteiger partial charge is 0.309 e. The summed E-state index contributed by atoms with van der Waals surface area (Å²) < 4.78 is 9.78. The molecule has 0 unspecified atom stereocenters. The fourth-order valence-corrected chi connectivity index (χ4v) is 14.1. The van der Waals surface area contributed by atoms with Crippen LogP contribution in [0.2, 0.25) is 0 Å². The molecule has 5 heterocycles. The highest BCUT2D eigenvalue weighted by molar-refractivity contribution is 6.28. The van der Waals surface area contributed by atoms with Crippen molar-refractivity contribution in [2.45, 2.75) is 0 Å². The van der Waals surface area contributed by atoms with E-state index in [-0.39, 0.29) is 0 Å². The van der Waals surface area contributed by atoms with E-state index >= 15 is 0 Å². The van der Waals surface area contributed by atoms with Crippen molar-refractivity contribution in [3.05, 3.63) is 309 Å². The zero-order chi connectivity index (χ0) is 59.4. The lowest BCUT2D eigenvalue weighted by atomic mass is 9.92. The summed E-state index contributed by atoms with van der Waals surface area (Å²) in [5.74, 6) is 1.68. The van der Waals surface area contributed by atoms with Gasteiger partial charge in [0.15, 0.2) is 17.5 Å². The maximum absolute atomic E-state index is 10.0. The van der Waals surface area contributed by atoms with E-state index in [1.54, 1.807) is 0 Å². The molecule has 90 heavy (non-hydrogen) atoms. The van der Waals surface area contributed by atoms with Gasteiger partial charge in [-0.3, -0.25) is 0 Å². The fraction of sp³-hybridized carbons (Fsp3) is 0. The van der Waals surface area contributed by atoms with Crippen LogP contribution >= 0.6 is 0 Å². The van der Waals surface area contributed by atoms with Crippen molar-refractivity contribution in [2.75, 3.05) is 0 Å². The Bertz CT molecular complexity index is 5890. The summed E-state index contributed by atoms with van der Waals surface area (Å²) in [6, 6.07) is 110. The van der Waals surface area contributed by atoms with E-state index in [1.807, 2.05) is 60.7 Å². The standard InChI is InChI=1S/C82H50N8/c83-51-52-37-39-53(40-38-52)56-41-46-73(90-72-36-20-16-32-66(72)77-75(90)48-45-63-61-30-14-18-34-70(61)89(79(63)77)58-27-11-4-12-28-58)68(49-56)67-50-59(42-43-64(67)82-85-80(54-21-5-1-6-22-54)84-81(86-82)55-23-7-2-8-24-55)87-71-35-19-15-31-65(71)76-74(87)47-44-62-60-29-13-17-33-69(60)88(78(62)76)57-25-9-3-10-26-57/h1-50H. The number of fused-ring (bicyclic) bond motifs is 14. The number of rotatable bonds is 9. The average Bonchev–Trinajstić information content (AvgIpc) is 1.59. The first-order valence-electron chi connectivity index (χ1n) is 30.3. The molecule has 18 rings (SSSR count). The molecule has 0 saturated carbocycles. The quantitative estimate of drug-likeness (QED) is 0.144. The van der Waals surface area contributed by atoms with Crippen LogP contribution in [0.25, 0.3) is 166 Å². The summed E-state index contributed by atoms with van der Waals surface area (Å²) in [7, 11) is 0. The van der Waals surface area contributed by atoms with E-state index in [9.17, 15) is 5.26 Å². The van der Waals surface area contributed by atoms with E-state index in [1.165, 1.54) is 26.9 Å². The van der Waals surface area contributed by atoms with Gasteiger partial charge in [-0.15, -0.1) is 0 Å². The van der Waals surface area contributed by atoms with Gasteiger partial charge in [0, 0.05) is 82.4 Å². The van der Waals surface area contributed by atoms with Gasteiger partial charge < -0.3 is 18.3 Å². The molecule has 8 nitrogen and oxygen atoms in total. The molecule has 0 fully saturated rings. The van der Waals surface area contributed by atoms with Crippen molar-refractivity contribution in [3.63, 3.8) is 0 Å². The van der Waals surface area contributed by atoms with Gasteiger partial charge in [0.25, 0.3) is 0 Å². The van der Waals surface area contributed by atoms with E-state index in [2.05, 4.69) is 267 Å². The van der Waals surface area contributed by atoms with Crippen molar-refractivity contribution in [1.29, 1.82) is 5.26 Å². The lowest BCUT2D eigenvalue weighted by Gasteiger charge is -2.20. The number of nitrogens with zero attached hydrogens (tertiary/aromatic N) is 8. The first-order valence-corrected chi connectivity index (χ1v) is 30.3.